The van der Waals surface area contributed by atoms with Crippen LogP contribution in [0.1, 0.15) is 17.4 Å². The number of amidine groups is 1. The maximum Gasteiger partial charge on any atom is 0.356 e. The van der Waals surface area contributed by atoms with Gasteiger partial charge in [0.25, 0.3) is 0 Å². The molecule has 1 aromatic heterocycles. The summed E-state index contributed by atoms with van der Waals surface area (Å²) in [6.07, 6.45) is 0. The Morgan fingerprint density at radius 1 is 1.64 bits per heavy atom. The lowest BCUT2D eigenvalue weighted by atomic mass is 10.4. The normalized spacial score (nSPS) is 11.5. The summed E-state index contributed by atoms with van der Waals surface area (Å²) in [4.78, 5) is 11.2. The lowest BCUT2D eigenvalue weighted by Crippen LogP contribution is -2.12. The molecule has 0 aliphatic carbocycles. The Labute approximate surface area is 86.1 Å². The highest BCUT2D eigenvalue weighted by Crippen LogP contribution is 2.15. The topological polar surface area (TPSA) is 69.6 Å². The number of methoxy groups -OCH3 is 1. The van der Waals surface area contributed by atoms with Crippen molar-refractivity contribution in [3.8, 4) is 0 Å². The molecule has 0 spiro atoms. The number of aromatic nitrogens is 1. The summed E-state index contributed by atoms with van der Waals surface area (Å²) in [7, 11) is 1.28. The predicted octanol–water partition coefficient (Wildman–Crippen LogP) is 1.07. The van der Waals surface area contributed by atoms with Gasteiger partial charge < -0.3 is 10.5 Å². The molecule has 0 radical (unpaired) electrons. The van der Waals surface area contributed by atoms with Gasteiger partial charge in [0, 0.05) is 0 Å². The van der Waals surface area contributed by atoms with Gasteiger partial charge in [-0.1, -0.05) is 11.6 Å². The third kappa shape index (κ3) is 2.05. The lowest BCUT2D eigenvalue weighted by Gasteiger charge is -2.02. The maximum absolute atomic E-state index is 11.2. The molecule has 0 bridgehead atoms. The molecule has 0 amide bonds. The largest absolute Gasteiger partial charge is 0.464 e. The van der Waals surface area contributed by atoms with Crippen LogP contribution in [-0.2, 0) is 4.74 Å². The molecule has 0 saturated heterocycles. The van der Waals surface area contributed by atoms with Crippen LogP contribution in [0.25, 0.3) is 0 Å². The Bertz CT molecular complexity index is 380. The SMILES string of the molecule is COC(=O)c1ccc(Cl)n1/N=C(/C)N. The third-order valence-corrected chi connectivity index (χ3v) is 1.75. The zero-order valence-corrected chi connectivity index (χ0v) is 8.58. The van der Waals surface area contributed by atoms with Gasteiger partial charge in [-0.05, 0) is 19.1 Å². The second-order valence-electron chi connectivity index (χ2n) is 2.59. The summed E-state index contributed by atoms with van der Waals surface area (Å²) in [6.45, 7) is 1.59. The number of ether oxygens (including phenoxy) is 1. The van der Waals surface area contributed by atoms with Crippen molar-refractivity contribution < 1.29 is 9.53 Å². The Morgan fingerprint density at radius 2 is 2.29 bits per heavy atom. The molecule has 2 N–H and O–H groups in total. The van der Waals surface area contributed by atoms with Crippen LogP contribution in [0.4, 0.5) is 0 Å². The second-order valence-corrected chi connectivity index (χ2v) is 2.97. The van der Waals surface area contributed by atoms with Gasteiger partial charge in [0.1, 0.15) is 11.0 Å². The van der Waals surface area contributed by atoms with Gasteiger partial charge in [-0.15, -0.1) is 0 Å². The van der Waals surface area contributed by atoms with Gasteiger partial charge in [-0.25, -0.2) is 9.47 Å². The molecule has 0 aliphatic heterocycles. The molecule has 1 aromatic rings. The molecule has 0 aliphatic rings. The van der Waals surface area contributed by atoms with E-state index < -0.39 is 5.97 Å². The highest BCUT2D eigenvalue weighted by molar-refractivity contribution is 6.30. The summed E-state index contributed by atoms with van der Waals surface area (Å²) >= 11 is 5.78. The first kappa shape index (κ1) is 10.6. The van der Waals surface area contributed by atoms with E-state index in [4.69, 9.17) is 17.3 Å². The number of halogens is 1. The van der Waals surface area contributed by atoms with E-state index in [0.717, 1.165) is 0 Å². The van der Waals surface area contributed by atoms with Gasteiger partial charge in [0.15, 0.2) is 5.69 Å². The van der Waals surface area contributed by atoms with Gasteiger partial charge >= 0.3 is 5.97 Å². The van der Waals surface area contributed by atoms with E-state index in [2.05, 4.69) is 9.84 Å². The fourth-order valence-corrected chi connectivity index (χ4v) is 1.11. The molecular weight excluding hydrogens is 206 g/mol. The zero-order valence-electron chi connectivity index (χ0n) is 7.82. The minimum absolute atomic E-state index is 0.238. The van der Waals surface area contributed by atoms with Crippen molar-refractivity contribution in [2.45, 2.75) is 6.92 Å². The molecular formula is C8H10ClN3O2. The number of hydrogen-bond acceptors (Lipinski definition) is 3. The molecule has 0 aromatic carbocycles. The third-order valence-electron chi connectivity index (χ3n) is 1.46. The summed E-state index contributed by atoms with van der Waals surface area (Å²) < 4.78 is 5.77. The summed E-state index contributed by atoms with van der Waals surface area (Å²) in [5.74, 6) is -0.213. The van der Waals surface area contributed by atoms with Crippen molar-refractivity contribution in [3.63, 3.8) is 0 Å². The van der Waals surface area contributed by atoms with Crippen molar-refractivity contribution in [1.29, 1.82) is 0 Å². The summed E-state index contributed by atoms with van der Waals surface area (Å²) in [6, 6.07) is 3.06. The number of esters is 1. The van der Waals surface area contributed by atoms with E-state index in [-0.39, 0.29) is 5.69 Å². The molecule has 0 unspecified atom stereocenters. The summed E-state index contributed by atoms with van der Waals surface area (Å²) in [5, 5.41) is 4.17. The van der Waals surface area contributed by atoms with Gasteiger partial charge in [0.2, 0.25) is 0 Å². The number of nitrogens with zero attached hydrogens (tertiary/aromatic N) is 2. The Morgan fingerprint density at radius 3 is 2.79 bits per heavy atom. The van der Waals surface area contributed by atoms with E-state index in [1.165, 1.54) is 17.9 Å². The van der Waals surface area contributed by atoms with Gasteiger partial charge in [0.05, 0.1) is 7.11 Å². The molecule has 5 nitrogen and oxygen atoms in total. The molecule has 0 atom stereocenters. The number of nitrogens with two attached hydrogens (primary N) is 1. The first-order chi connectivity index (χ1) is 6.56. The quantitative estimate of drug-likeness (QED) is 0.456. The number of rotatable bonds is 2. The van der Waals surface area contributed by atoms with Crippen LogP contribution in [0.15, 0.2) is 17.2 Å². The maximum atomic E-state index is 11.2. The van der Waals surface area contributed by atoms with Crippen LogP contribution in [0.3, 0.4) is 0 Å². The monoisotopic (exact) mass is 215 g/mol. The Hall–Kier alpha value is -1.49. The Balaban J connectivity index is 3.19. The molecule has 1 heterocycles. The standard InChI is InChI=1S/C8H10ClN3O2/c1-5(10)11-12-6(8(13)14-2)3-4-7(12)9/h3-4H,1-2H3,(H2,10,11). The van der Waals surface area contributed by atoms with E-state index in [1.807, 2.05) is 0 Å². The van der Waals surface area contributed by atoms with Crippen LogP contribution in [0.2, 0.25) is 5.15 Å². The van der Waals surface area contributed by atoms with Gasteiger partial charge in [-0.2, -0.15) is 5.10 Å². The van der Waals surface area contributed by atoms with Crippen molar-refractivity contribution >= 4 is 23.4 Å². The zero-order chi connectivity index (χ0) is 10.7. The predicted molar refractivity (Wildman–Crippen MR) is 53.5 cm³/mol. The van der Waals surface area contributed by atoms with Crippen molar-refractivity contribution in [2.24, 2.45) is 10.8 Å². The average Bonchev–Trinajstić information content (AvgIpc) is 2.46. The van der Waals surface area contributed by atoms with Gasteiger partial charge in [-0.3, -0.25) is 0 Å². The lowest BCUT2D eigenvalue weighted by molar-refractivity contribution is 0.0589. The summed E-state index contributed by atoms with van der Waals surface area (Å²) in [5.41, 5.74) is 5.62. The van der Waals surface area contributed by atoms with E-state index in [9.17, 15) is 4.79 Å². The Kier molecular flexibility index (Phi) is 3.14. The molecule has 76 valence electrons. The van der Waals surface area contributed by atoms with Crippen LogP contribution in [0, 0.1) is 0 Å². The fourth-order valence-electron chi connectivity index (χ4n) is 0.922. The minimum atomic E-state index is -0.512. The van der Waals surface area contributed by atoms with E-state index >= 15 is 0 Å². The van der Waals surface area contributed by atoms with Crippen molar-refractivity contribution in [1.82, 2.24) is 4.68 Å². The number of carbonyl (C=O) groups is 1. The fraction of sp³-hybridized carbons (Fsp3) is 0.250. The van der Waals surface area contributed by atoms with Crippen LogP contribution in [0.5, 0.6) is 0 Å². The van der Waals surface area contributed by atoms with Crippen molar-refractivity contribution in [3.05, 3.63) is 23.0 Å². The number of carbonyl (C=O) groups excluding carboxylic acids is 1. The first-order valence-electron chi connectivity index (χ1n) is 3.83. The second kappa shape index (κ2) is 4.15. The van der Waals surface area contributed by atoms with E-state index in [0.29, 0.717) is 11.0 Å². The molecule has 6 heteroatoms. The van der Waals surface area contributed by atoms with Crippen LogP contribution < -0.4 is 5.73 Å². The highest BCUT2D eigenvalue weighted by Gasteiger charge is 2.13. The minimum Gasteiger partial charge on any atom is -0.464 e. The highest BCUT2D eigenvalue weighted by atomic mass is 35.5. The average molecular weight is 216 g/mol. The number of hydrogen-bond donors (Lipinski definition) is 1. The molecule has 0 saturated carbocycles. The molecule has 0 fully saturated rings. The molecule has 14 heavy (non-hydrogen) atoms. The van der Waals surface area contributed by atoms with E-state index in [1.54, 1.807) is 13.0 Å². The van der Waals surface area contributed by atoms with Crippen molar-refractivity contribution in [2.75, 3.05) is 7.11 Å². The van der Waals surface area contributed by atoms with Crippen LogP contribution in [-0.4, -0.2) is 23.6 Å². The smallest absolute Gasteiger partial charge is 0.356 e. The van der Waals surface area contributed by atoms with Crippen LogP contribution >= 0.6 is 11.6 Å². The first-order valence-corrected chi connectivity index (χ1v) is 4.20. The molecule has 1 rings (SSSR count).